The Morgan fingerprint density at radius 3 is 2.26 bits per heavy atom. The minimum absolute atomic E-state index is 0.255. The van der Waals surface area contributed by atoms with E-state index in [1.165, 1.54) is 4.31 Å². The van der Waals surface area contributed by atoms with Gasteiger partial charge in [-0.3, -0.25) is 4.57 Å². The van der Waals surface area contributed by atoms with Crippen LogP contribution in [0.5, 0.6) is 0 Å². The first-order valence-corrected chi connectivity index (χ1v) is 12.2. The van der Waals surface area contributed by atoms with Crippen molar-refractivity contribution in [2.24, 2.45) is 0 Å². The van der Waals surface area contributed by atoms with Gasteiger partial charge in [-0.25, -0.2) is 0 Å². The lowest BCUT2D eigenvalue weighted by Gasteiger charge is -2.28. The van der Waals surface area contributed by atoms with Crippen LogP contribution in [0.2, 0.25) is 0 Å². The molecule has 0 amide bonds. The lowest BCUT2D eigenvalue weighted by atomic mass is 10.1. The van der Waals surface area contributed by atoms with E-state index in [0.717, 1.165) is 19.3 Å². The molecule has 3 rings (SSSR count). The molecule has 0 spiro atoms. The van der Waals surface area contributed by atoms with Crippen LogP contribution in [0.3, 0.4) is 0 Å². The molecular weight excluding hydrogens is 383 g/mol. The number of rotatable bonds is 6. The fourth-order valence-electron chi connectivity index (χ4n) is 3.37. The van der Waals surface area contributed by atoms with Crippen molar-refractivity contribution in [2.45, 2.75) is 32.2 Å². The largest absolute Gasteiger partial charge is 0.338 e. The van der Waals surface area contributed by atoms with Gasteiger partial charge in [0.15, 0.2) is 0 Å². The molecule has 1 aliphatic heterocycles. The van der Waals surface area contributed by atoms with Crippen molar-refractivity contribution in [2.75, 3.05) is 13.1 Å². The Hall–Kier alpha value is -1.50. The fourth-order valence-corrected chi connectivity index (χ4v) is 6.59. The zero-order valence-electron chi connectivity index (χ0n) is 15.3. The highest BCUT2D eigenvalue weighted by Crippen LogP contribution is 2.40. The smallest absolute Gasteiger partial charge is 0.279 e. The van der Waals surface area contributed by atoms with E-state index in [-0.39, 0.29) is 5.30 Å². The Morgan fingerprint density at radius 1 is 1.00 bits per heavy atom. The number of nitrogens with one attached hydrogen (secondary N) is 1. The van der Waals surface area contributed by atoms with Crippen molar-refractivity contribution < 1.29 is 17.9 Å². The number of hydrogen-bond acceptors (Lipinski definition) is 3. The van der Waals surface area contributed by atoms with Crippen molar-refractivity contribution in [1.82, 2.24) is 9.03 Å². The van der Waals surface area contributed by atoms with Crippen LogP contribution in [0.4, 0.5) is 0 Å². The van der Waals surface area contributed by atoms with Crippen LogP contribution in [-0.2, 0) is 14.8 Å². The molecule has 2 aromatic carbocycles. The van der Waals surface area contributed by atoms with Gasteiger partial charge in [0, 0.05) is 29.7 Å². The molecule has 1 aliphatic rings. The maximum absolute atomic E-state index is 13.2. The number of hydrogen-bond donors (Lipinski definition) is 2. The van der Waals surface area contributed by atoms with Crippen LogP contribution in [-0.4, -0.2) is 30.7 Å². The molecule has 8 heteroatoms. The van der Waals surface area contributed by atoms with Gasteiger partial charge in [0.25, 0.3) is 17.6 Å². The summed E-state index contributed by atoms with van der Waals surface area (Å²) in [5.41, 5.74) is 0.507. The SMILES string of the molecule is CC(NS(=O)(=O)N1CCCCC1)c1ccccc1P(=O)(O)c1ccccc1. The van der Waals surface area contributed by atoms with Gasteiger partial charge in [0.1, 0.15) is 0 Å². The van der Waals surface area contributed by atoms with E-state index in [1.54, 1.807) is 61.5 Å². The summed E-state index contributed by atoms with van der Waals surface area (Å²) in [7, 11) is -7.48. The molecule has 0 aromatic heterocycles. The molecule has 1 saturated heterocycles. The average molecular weight is 408 g/mol. The molecule has 2 N–H and O–H groups in total. The summed E-state index contributed by atoms with van der Waals surface area (Å²) < 4.78 is 42.7. The maximum atomic E-state index is 13.2. The Morgan fingerprint density at radius 2 is 1.59 bits per heavy atom. The van der Waals surface area contributed by atoms with Gasteiger partial charge in [-0.1, -0.05) is 42.8 Å². The molecule has 0 radical (unpaired) electrons. The fraction of sp³-hybridized carbons (Fsp3) is 0.368. The minimum atomic E-state index is -3.83. The Kier molecular flexibility index (Phi) is 6.18. The predicted octanol–water partition coefficient (Wildman–Crippen LogP) is 2.29. The molecule has 146 valence electrons. The van der Waals surface area contributed by atoms with Crippen LogP contribution in [0.25, 0.3) is 0 Å². The van der Waals surface area contributed by atoms with Crippen LogP contribution in [0, 0.1) is 0 Å². The number of piperidine rings is 1. The quantitative estimate of drug-likeness (QED) is 0.718. The zero-order valence-corrected chi connectivity index (χ0v) is 17.0. The molecule has 0 saturated carbocycles. The summed E-state index contributed by atoms with van der Waals surface area (Å²) >= 11 is 0. The zero-order chi connectivity index (χ0) is 19.5. The van der Waals surface area contributed by atoms with E-state index in [2.05, 4.69) is 4.72 Å². The molecule has 1 fully saturated rings. The van der Waals surface area contributed by atoms with Gasteiger partial charge in [-0.05, 0) is 43.5 Å². The monoisotopic (exact) mass is 408 g/mol. The third-order valence-electron chi connectivity index (χ3n) is 4.82. The van der Waals surface area contributed by atoms with Crippen molar-refractivity contribution in [3.05, 3.63) is 60.2 Å². The molecule has 2 unspecified atom stereocenters. The Labute approximate surface area is 160 Å². The summed E-state index contributed by atoms with van der Waals surface area (Å²) in [5.74, 6) is 0. The molecule has 6 nitrogen and oxygen atoms in total. The van der Waals surface area contributed by atoms with E-state index >= 15 is 0 Å². The minimum Gasteiger partial charge on any atom is -0.338 e. The van der Waals surface area contributed by atoms with Crippen LogP contribution in [0.1, 0.15) is 37.8 Å². The highest BCUT2D eigenvalue weighted by atomic mass is 32.2. The Bertz CT molecular complexity index is 928. The predicted molar refractivity (Wildman–Crippen MR) is 108 cm³/mol. The first-order chi connectivity index (χ1) is 12.8. The summed E-state index contributed by atoms with van der Waals surface area (Å²) in [4.78, 5) is 10.8. The van der Waals surface area contributed by atoms with E-state index < -0.39 is 23.6 Å². The first-order valence-electron chi connectivity index (χ1n) is 9.08. The van der Waals surface area contributed by atoms with Crippen molar-refractivity contribution in [3.8, 4) is 0 Å². The molecule has 27 heavy (non-hydrogen) atoms. The molecular formula is C19H25N2O4PS. The van der Waals surface area contributed by atoms with Crippen LogP contribution in [0.15, 0.2) is 54.6 Å². The molecule has 2 atom stereocenters. The molecule has 0 bridgehead atoms. The third-order valence-corrected chi connectivity index (χ3v) is 8.57. The Balaban J connectivity index is 1.90. The van der Waals surface area contributed by atoms with Gasteiger partial charge >= 0.3 is 0 Å². The van der Waals surface area contributed by atoms with Crippen LogP contribution >= 0.6 is 7.37 Å². The lowest BCUT2D eigenvalue weighted by Crippen LogP contribution is -2.44. The number of benzene rings is 2. The van der Waals surface area contributed by atoms with Crippen molar-refractivity contribution in [1.29, 1.82) is 0 Å². The third kappa shape index (κ3) is 4.50. The van der Waals surface area contributed by atoms with E-state index in [4.69, 9.17) is 0 Å². The first kappa shape index (κ1) is 20.2. The van der Waals surface area contributed by atoms with Gasteiger partial charge in [-0.2, -0.15) is 17.4 Å². The van der Waals surface area contributed by atoms with Crippen LogP contribution < -0.4 is 15.3 Å². The van der Waals surface area contributed by atoms with Gasteiger partial charge in [0.2, 0.25) is 0 Å². The summed E-state index contributed by atoms with van der Waals surface area (Å²) in [6.07, 6.45) is 2.74. The number of nitrogens with zero attached hydrogens (tertiary/aromatic N) is 1. The summed E-state index contributed by atoms with van der Waals surface area (Å²) in [6.45, 7) is 2.71. The average Bonchev–Trinajstić information content (AvgIpc) is 2.69. The summed E-state index contributed by atoms with van der Waals surface area (Å²) in [5, 5.41) is 0.577. The maximum Gasteiger partial charge on any atom is 0.279 e. The second-order valence-corrected chi connectivity index (χ2v) is 10.6. The highest BCUT2D eigenvalue weighted by Gasteiger charge is 2.31. The van der Waals surface area contributed by atoms with E-state index in [1.807, 2.05) is 0 Å². The van der Waals surface area contributed by atoms with Gasteiger partial charge < -0.3 is 4.89 Å². The van der Waals surface area contributed by atoms with Crippen molar-refractivity contribution in [3.63, 3.8) is 0 Å². The standard InChI is InChI=1S/C19H25N2O4PS/c1-16(20-27(24,25)21-14-8-3-9-15-21)18-12-6-7-13-19(18)26(22,23)17-10-4-2-5-11-17/h2,4-7,10-13,16,20H,3,8-9,14-15H2,1H3,(H,22,23). The summed E-state index contributed by atoms with van der Waals surface area (Å²) in [6, 6.07) is 14.5. The lowest BCUT2D eigenvalue weighted by molar-refractivity contribution is 0.339. The molecule has 1 heterocycles. The molecule has 2 aromatic rings. The second kappa shape index (κ2) is 8.25. The van der Waals surface area contributed by atoms with E-state index in [0.29, 0.717) is 24.0 Å². The van der Waals surface area contributed by atoms with Gasteiger partial charge in [0.05, 0.1) is 0 Å². The molecule has 0 aliphatic carbocycles. The topological polar surface area (TPSA) is 86.7 Å². The van der Waals surface area contributed by atoms with E-state index in [9.17, 15) is 17.9 Å². The normalized spacial score (nSPS) is 19.3. The highest BCUT2D eigenvalue weighted by molar-refractivity contribution is 7.87. The second-order valence-electron chi connectivity index (χ2n) is 6.77. The van der Waals surface area contributed by atoms with Crippen molar-refractivity contribution >= 4 is 28.2 Å². The van der Waals surface area contributed by atoms with Gasteiger partial charge in [-0.15, -0.1) is 0 Å².